The van der Waals surface area contributed by atoms with Crippen LogP contribution in [0.5, 0.6) is 5.75 Å². The largest absolute Gasteiger partial charge is 0.497 e. The molecule has 1 aliphatic heterocycles. The van der Waals surface area contributed by atoms with Crippen LogP contribution in [0.15, 0.2) is 30.5 Å². The Balaban J connectivity index is 1.74. The first kappa shape index (κ1) is 15.0. The third kappa shape index (κ3) is 2.98. The minimum atomic E-state index is 0.00760. The van der Waals surface area contributed by atoms with Gasteiger partial charge in [-0.2, -0.15) is 0 Å². The van der Waals surface area contributed by atoms with Crippen LogP contribution in [0.3, 0.4) is 0 Å². The summed E-state index contributed by atoms with van der Waals surface area (Å²) in [5.74, 6) is 1.01. The topological polar surface area (TPSA) is 62.7 Å². The fraction of sp³-hybridized carbons (Fsp3) is 0.375. The molecule has 1 unspecified atom stereocenters. The van der Waals surface area contributed by atoms with Crippen molar-refractivity contribution < 1.29 is 14.6 Å². The van der Waals surface area contributed by atoms with E-state index in [1.165, 1.54) is 11.3 Å². The average molecular weight is 318 g/mol. The molecule has 1 saturated heterocycles. The summed E-state index contributed by atoms with van der Waals surface area (Å²) in [7, 11) is 1.63. The smallest absolute Gasteiger partial charge is 0.265 e. The van der Waals surface area contributed by atoms with Gasteiger partial charge in [0.2, 0.25) is 0 Å². The third-order valence-corrected chi connectivity index (χ3v) is 4.92. The van der Waals surface area contributed by atoms with Gasteiger partial charge in [0.25, 0.3) is 5.91 Å². The van der Waals surface area contributed by atoms with Gasteiger partial charge in [-0.1, -0.05) is 0 Å². The monoisotopic (exact) mass is 318 g/mol. The number of benzene rings is 1. The van der Waals surface area contributed by atoms with E-state index in [-0.39, 0.29) is 18.4 Å². The van der Waals surface area contributed by atoms with E-state index >= 15 is 0 Å². The van der Waals surface area contributed by atoms with Gasteiger partial charge in [0, 0.05) is 31.2 Å². The fourth-order valence-corrected chi connectivity index (χ4v) is 3.45. The van der Waals surface area contributed by atoms with Gasteiger partial charge in [-0.25, -0.2) is 4.98 Å². The first-order valence-electron chi connectivity index (χ1n) is 7.21. The molecule has 2 heterocycles. The van der Waals surface area contributed by atoms with E-state index in [0.717, 1.165) is 22.7 Å². The Morgan fingerprint density at radius 1 is 1.45 bits per heavy atom. The summed E-state index contributed by atoms with van der Waals surface area (Å²) in [6.45, 7) is 1.48. The van der Waals surface area contributed by atoms with Crippen LogP contribution < -0.4 is 4.74 Å². The molecule has 0 radical (unpaired) electrons. The van der Waals surface area contributed by atoms with E-state index in [9.17, 15) is 9.90 Å². The lowest BCUT2D eigenvalue weighted by molar-refractivity contribution is 0.0786. The number of aromatic nitrogens is 1. The number of aliphatic hydroxyl groups is 1. The van der Waals surface area contributed by atoms with Gasteiger partial charge in [-0.15, -0.1) is 11.3 Å². The highest BCUT2D eigenvalue weighted by Crippen LogP contribution is 2.28. The van der Waals surface area contributed by atoms with Crippen molar-refractivity contribution >= 4 is 17.2 Å². The molecular formula is C16H18N2O3S. The highest BCUT2D eigenvalue weighted by molar-refractivity contribution is 7.16. The maximum Gasteiger partial charge on any atom is 0.265 e. The molecule has 22 heavy (non-hydrogen) atoms. The Morgan fingerprint density at radius 3 is 2.86 bits per heavy atom. The van der Waals surface area contributed by atoms with Crippen LogP contribution in [0.4, 0.5) is 0 Å². The van der Waals surface area contributed by atoms with Crippen LogP contribution in [-0.4, -0.2) is 47.7 Å². The molecule has 0 bridgehead atoms. The van der Waals surface area contributed by atoms with Crippen molar-refractivity contribution in [2.75, 3.05) is 26.8 Å². The van der Waals surface area contributed by atoms with Crippen molar-refractivity contribution in [2.45, 2.75) is 6.42 Å². The summed E-state index contributed by atoms with van der Waals surface area (Å²) in [4.78, 5) is 19.2. The second-order valence-corrected chi connectivity index (χ2v) is 6.38. The quantitative estimate of drug-likeness (QED) is 0.939. The minimum Gasteiger partial charge on any atom is -0.497 e. The van der Waals surface area contributed by atoms with Gasteiger partial charge < -0.3 is 14.7 Å². The fourth-order valence-electron chi connectivity index (χ4n) is 2.56. The Morgan fingerprint density at radius 2 is 2.23 bits per heavy atom. The number of amides is 1. The molecular weight excluding hydrogens is 300 g/mol. The van der Waals surface area contributed by atoms with Crippen LogP contribution in [-0.2, 0) is 0 Å². The molecule has 1 fully saturated rings. The van der Waals surface area contributed by atoms with Crippen LogP contribution in [0.2, 0.25) is 0 Å². The van der Waals surface area contributed by atoms with Gasteiger partial charge in [0.15, 0.2) is 0 Å². The van der Waals surface area contributed by atoms with Crippen LogP contribution in [0.25, 0.3) is 10.6 Å². The zero-order valence-electron chi connectivity index (χ0n) is 12.4. The van der Waals surface area contributed by atoms with Crippen molar-refractivity contribution in [3.05, 3.63) is 35.3 Å². The second-order valence-electron chi connectivity index (χ2n) is 5.35. The van der Waals surface area contributed by atoms with Crippen molar-refractivity contribution in [3.8, 4) is 16.3 Å². The predicted octanol–water partition coefficient (Wildman–Crippen LogP) is 2.27. The molecule has 0 saturated carbocycles. The Kier molecular flexibility index (Phi) is 4.40. The van der Waals surface area contributed by atoms with Gasteiger partial charge >= 0.3 is 0 Å². The third-order valence-electron chi connectivity index (χ3n) is 3.88. The highest BCUT2D eigenvalue weighted by Gasteiger charge is 2.27. The van der Waals surface area contributed by atoms with E-state index in [2.05, 4.69) is 4.98 Å². The number of thiazole rings is 1. The van der Waals surface area contributed by atoms with E-state index < -0.39 is 0 Å². The average Bonchev–Trinajstić information content (AvgIpc) is 3.23. The van der Waals surface area contributed by atoms with Crippen molar-refractivity contribution in [1.82, 2.24) is 9.88 Å². The zero-order chi connectivity index (χ0) is 15.5. The molecule has 0 spiro atoms. The molecule has 1 atom stereocenters. The molecule has 1 amide bonds. The number of hydrogen-bond acceptors (Lipinski definition) is 5. The van der Waals surface area contributed by atoms with Crippen molar-refractivity contribution in [2.24, 2.45) is 5.92 Å². The van der Waals surface area contributed by atoms with E-state index in [1.54, 1.807) is 18.2 Å². The van der Waals surface area contributed by atoms with Crippen LogP contribution in [0, 0.1) is 5.92 Å². The lowest BCUT2D eigenvalue weighted by Gasteiger charge is -2.14. The lowest BCUT2D eigenvalue weighted by Crippen LogP contribution is -2.28. The Labute approximate surface area is 133 Å². The number of hydrogen-bond donors (Lipinski definition) is 1. The molecule has 5 nitrogen and oxygen atoms in total. The number of rotatable bonds is 4. The van der Waals surface area contributed by atoms with E-state index in [1.807, 2.05) is 24.3 Å². The number of carbonyl (C=O) groups excluding carboxylic acids is 1. The lowest BCUT2D eigenvalue weighted by atomic mass is 10.1. The number of likely N-dealkylation sites (tertiary alicyclic amines) is 1. The number of aliphatic hydroxyl groups excluding tert-OH is 1. The zero-order valence-corrected chi connectivity index (χ0v) is 13.2. The first-order chi connectivity index (χ1) is 10.7. The summed E-state index contributed by atoms with van der Waals surface area (Å²) in [5, 5.41) is 10.00. The summed E-state index contributed by atoms with van der Waals surface area (Å²) < 4.78 is 5.14. The highest BCUT2D eigenvalue weighted by atomic mass is 32.1. The maximum absolute atomic E-state index is 12.4. The molecule has 116 valence electrons. The number of nitrogens with zero attached hydrogens (tertiary/aromatic N) is 2. The molecule has 1 aliphatic rings. The molecule has 2 aromatic rings. The summed E-state index contributed by atoms with van der Waals surface area (Å²) >= 11 is 1.40. The molecule has 6 heteroatoms. The second kappa shape index (κ2) is 6.46. The van der Waals surface area contributed by atoms with Gasteiger partial charge in [0.1, 0.15) is 15.6 Å². The van der Waals surface area contributed by atoms with Crippen molar-refractivity contribution in [3.63, 3.8) is 0 Å². The van der Waals surface area contributed by atoms with Gasteiger partial charge in [0.05, 0.1) is 13.3 Å². The van der Waals surface area contributed by atoms with E-state index in [0.29, 0.717) is 18.0 Å². The molecule has 0 aliphatic carbocycles. The number of methoxy groups -OCH3 is 1. The molecule has 1 aromatic carbocycles. The first-order valence-corrected chi connectivity index (χ1v) is 8.03. The standard InChI is InChI=1S/C16H18N2O3S/c1-21-13-4-2-12(3-5-13)15-17-8-14(22-15)16(20)18-7-6-11(9-18)10-19/h2-5,8,11,19H,6-7,9-10H2,1H3. The summed E-state index contributed by atoms with van der Waals surface area (Å²) in [6, 6.07) is 7.63. The predicted molar refractivity (Wildman–Crippen MR) is 85.2 cm³/mol. The van der Waals surface area contributed by atoms with Gasteiger partial charge in [-0.3, -0.25) is 4.79 Å². The Hall–Kier alpha value is -1.92. The van der Waals surface area contributed by atoms with Crippen molar-refractivity contribution in [1.29, 1.82) is 0 Å². The van der Waals surface area contributed by atoms with Crippen LogP contribution >= 0.6 is 11.3 Å². The summed E-state index contributed by atoms with van der Waals surface area (Å²) in [5.41, 5.74) is 0.972. The SMILES string of the molecule is COc1ccc(-c2ncc(C(=O)N3CCC(CO)C3)s2)cc1. The Bertz CT molecular complexity index is 654. The molecule has 3 rings (SSSR count). The van der Waals surface area contributed by atoms with E-state index in [4.69, 9.17) is 4.74 Å². The number of ether oxygens (including phenoxy) is 1. The number of carbonyl (C=O) groups is 1. The molecule has 1 N–H and O–H groups in total. The maximum atomic E-state index is 12.4. The normalized spacial score (nSPS) is 17.7. The molecule has 1 aromatic heterocycles. The summed E-state index contributed by atoms with van der Waals surface area (Å²) in [6.07, 6.45) is 2.51. The minimum absolute atomic E-state index is 0.00760. The van der Waals surface area contributed by atoms with Gasteiger partial charge in [-0.05, 0) is 30.7 Å². The van der Waals surface area contributed by atoms with Crippen LogP contribution in [0.1, 0.15) is 16.1 Å².